The molecule has 0 unspecified atom stereocenters. The van der Waals surface area contributed by atoms with E-state index in [9.17, 15) is 8.78 Å². The van der Waals surface area contributed by atoms with Crippen LogP contribution in [0.3, 0.4) is 0 Å². The Balaban J connectivity index is 1.51. The maximum absolute atomic E-state index is 15.0. The summed E-state index contributed by atoms with van der Waals surface area (Å²) in [5.41, 5.74) is 0.985. The van der Waals surface area contributed by atoms with Crippen molar-refractivity contribution in [1.82, 2.24) is 0 Å². The van der Waals surface area contributed by atoms with Crippen LogP contribution < -0.4 is 0 Å². The van der Waals surface area contributed by atoms with Crippen molar-refractivity contribution in [3.63, 3.8) is 0 Å². The third-order valence-corrected chi connectivity index (χ3v) is 7.25. The third kappa shape index (κ3) is 6.68. The molecule has 0 atom stereocenters. The number of ether oxygens (including phenoxy) is 3. The third-order valence-electron chi connectivity index (χ3n) is 7.25. The van der Waals surface area contributed by atoms with Crippen LogP contribution in [0, 0.1) is 17.6 Å². The predicted octanol–water partition coefficient (Wildman–Crippen LogP) is 7.85. The van der Waals surface area contributed by atoms with Crippen molar-refractivity contribution >= 4 is 0 Å². The summed E-state index contributed by atoms with van der Waals surface area (Å²) in [7, 11) is 1.70. The molecule has 0 aliphatic heterocycles. The van der Waals surface area contributed by atoms with Crippen molar-refractivity contribution in [2.24, 2.45) is 5.92 Å². The molecule has 0 N–H and O–H groups in total. The Morgan fingerprint density at radius 1 is 0.912 bits per heavy atom. The van der Waals surface area contributed by atoms with Gasteiger partial charge in [-0.2, -0.15) is 0 Å². The van der Waals surface area contributed by atoms with Crippen LogP contribution in [0.15, 0.2) is 48.7 Å². The van der Waals surface area contributed by atoms with Gasteiger partial charge in [0.05, 0.1) is 19.3 Å². The summed E-state index contributed by atoms with van der Waals surface area (Å²) in [6.45, 7) is 9.74. The van der Waals surface area contributed by atoms with Crippen LogP contribution in [0.25, 0.3) is 0 Å². The molecule has 1 aromatic carbocycles. The average molecular weight is 479 g/mol. The molecule has 2 aliphatic rings. The van der Waals surface area contributed by atoms with Gasteiger partial charge in [-0.15, -0.1) is 0 Å². The van der Waals surface area contributed by atoms with E-state index in [1.54, 1.807) is 26.2 Å². The second-order valence-corrected chi connectivity index (χ2v) is 9.42. The van der Waals surface area contributed by atoms with Gasteiger partial charge in [0.15, 0.2) is 17.5 Å². The first-order valence-corrected chi connectivity index (χ1v) is 12.4. The molecule has 0 saturated heterocycles. The molecule has 188 valence electrons. The van der Waals surface area contributed by atoms with Gasteiger partial charge in [0.2, 0.25) is 0 Å². The Labute approximate surface area is 201 Å². The summed E-state index contributed by atoms with van der Waals surface area (Å²) < 4.78 is 60.0. The quantitative estimate of drug-likeness (QED) is 0.253. The van der Waals surface area contributed by atoms with E-state index in [0.717, 1.165) is 51.4 Å². The fourth-order valence-electron chi connectivity index (χ4n) is 5.19. The van der Waals surface area contributed by atoms with Gasteiger partial charge in [-0.3, -0.25) is 0 Å². The average Bonchev–Trinajstić information content (AvgIpc) is 2.85. The summed E-state index contributed by atoms with van der Waals surface area (Å²) in [4.78, 5) is 0. The normalized spacial score (nSPS) is 25.6. The smallest absolute Gasteiger partial charge is 0.168 e. The minimum absolute atomic E-state index is 0.000846. The van der Waals surface area contributed by atoms with E-state index in [4.69, 9.17) is 14.2 Å². The highest BCUT2D eigenvalue weighted by Crippen LogP contribution is 2.41. The van der Waals surface area contributed by atoms with Crippen LogP contribution in [-0.4, -0.2) is 26.4 Å². The molecule has 0 spiro atoms. The maximum atomic E-state index is 15.0. The molecule has 2 fully saturated rings. The molecule has 6 heteroatoms. The lowest BCUT2D eigenvalue weighted by atomic mass is 9.77. The number of allylic oxidation sites excluding steroid dienone is 2. The van der Waals surface area contributed by atoms with Crippen molar-refractivity contribution in [1.29, 1.82) is 0 Å². The highest BCUT2D eigenvalue weighted by atomic mass is 19.2. The minimum Gasteiger partial charge on any atom is -0.494 e. The number of methoxy groups -OCH3 is 1. The van der Waals surface area contributed by atoms with Crippen LogP contribution in [0.2, 0.25) is 0 Å². The molecule has 0 bridgehead atoms. The van der Waals surface area contributed by atoms with E-state index in [1.165, 1.54) is 6.08 Å². The van der Waals surface area contributed by atoms with Crippen LogP contribution in [-0.2, 0) is 14.2 Å². The molecular weight excluding hydrogens is 441 g/mol. The molecule has 0 amide bonds. The summed E-state index contributed by atoms with van der Waals surface area (Å²) in [5, 5.41) is 0. The Morgan fingerprint density at radius 3 is 1.94 bits per heavy atom. The maximum Gasteiger partial charge on any atom is 0.168 e. The van der Waals surface area contributed by atoms with Gasteiger partial charge < -0.3 is 14.2 Å². The zero-order valence-electron chi connectivity index (χ0n) is 20.4. The molecule has 2 saturated carbocycles. The first-order valence-electron chi connectivity index (χ1n) is 12.4. The first kappa shape index (κ1) is 26.4. The van der Waals surface area contributed by atoms with Crippen molar-refractivity contribution in [2.45, 2.75) is 76.2 Å². The zero-order valence-corrected chi connectivity index (χ0v) is 20.4. The number of rotatable bonds is 10. The van der Waals surface area contributed by atoms with E-state index in [-0.39, 0.29) is 35.4 Å². The van der Waals surface area contributed by atoms with Gasteiger partial charge in [-0.25, -0.2) is 13.2 Å². The topological polar surface area (TPSA) is 27.7 Å². The van der Waals surface area contributed by atoms with Crippen molar-refractivity contribution in [3.8, 4) is 0 Å². The Kier molecular flexibility index (Phi) is 9.69. The number of hydrogen-bond donors (Lipinski definition) is 0. The van der Waals surface area contributed by atoms with E-state index < -0.39 is 17.5 Å². The van der Waals surface area contributed by atoms with Gasteiger partial charge >= 0.3 is 0 Å². The lowest BCUT2D eigenvalue weighted by Gasteiger charge is -2.30. The summed E-state index contributed by atoms with van der Waals surface area (Å²) in [6, 6.07) is 3.58. The monoisotopic (exact) mass is 478 g/mol. The SMILES string of the molecule is C=C(/C=C(/F)C(=C)OCC)OCC1CCC(c2ccc(C3CCC(OC)CC3)c(F)c2F)CC1. The van der Waals surface area contributed by atoms with E-state index in [0.29, 0.717) is 24.3 Å². The van der Waals surface area contributed by atoms with E-state index in [1.807, 2.05) is 0 Å². The Hall–Kier alpha value is -2.21. The van der Waals surface area contributed by atoms with Crippen LogP contribution in [0.4, 0.5) is 13.2 Å². The number of benzene rings is 1. The number of hydrogen-bond acceptors (Lipinski definition) is 3. The van der Waals surface area contributed by atoms with Gasteiger partial charge in [0.25, 0.3) is 0 Å². The van der Waals surface area contributed by atoms with Gasteiger partial charge in [-0.1, -0.05) is 25.3 Å². The van der Waals surface area contributed by atoms with Crippen molar-refractivity contribution < 1.29 is 27.4 Å². The molecule has 3 rings (SSSR count). The Morgan fingerprint density at radius 2 is 1.44 bits per heavy atom. The lowest BCUT2D eigenvalue weighted by Crippen LogP contribution is -2.21. The van der Waals surface area contributed by atoms with E-state index in [2.05, 4.69) is 13.2 Å². The second-order valence-electron chi connectivity index (χ2n) is 9.42. The molecule has 0 radical (unpaired) electrons. The zero-order chi connectivity index (χ0) is 24.7. The fourth-order valence-corrected chi connectivity index (χ4v) is 5.19. The molecule has 1 aromatic rings. The van der Waals surface area contributed by atoms with Crippen molar-refractivity contribution in [3.05, 3.63) is 71.5 Å². The summed E-state index contributed by atoms with van der Waals surface area (Å²) in [6.07, 6.45) is 8.00. The highest BCUT2D eigenvalue weighted by Gasteiger charge is 2.29. The largest absolute Gasteiger partial charge is 0.494 e. The standard InChI is InChI=1S/C28H37F3O3/c1-5-33-19(3)26(29)16-18(2)34-17-20-6-8-21(9-7-20)24-14-15-25(28(31)27(24)30)22-10-12-23(32-4)13-11-22/h14-16,20-23H,2-3,5-13,17H2,1,4H3/b26-16+. The van der Waals surface area contributed by atoms with Crippen LogP contribution in [0.1, 0.15) is 81.3 Å². The molecule has 3 nitrogen and oxygen atoms in total. The molecule has 2 aliphatic carbocycles. The highest BCUT2D eigenvalue weighted by molar-refractivity contribution is 5.32. The summed E-state index contributed by atoms with van der Waals surface area (Å²) >= 11 is 0. The minimum atomic E-state index is -0.686. The van der Waals surface area contributed by atoms with Crippen LogP contribution in [0.5, 0.6) is 0 Å². The van der Waals surface area contributed by atoms with Crippen molar-refractivity contribution in [2.75, 3.05) is 20.3 Å². The first-order chi connectivity index (χ1) is 16.3. The molecule has 34 heavy (non-hydrogen) atoms. The fraction of sp³-hybridized carbons (Fsp3) is 0.571. The number of halogens is 3. The Bertz CT molecular complexity index is 879. The van der Waals surface area contributed by atoms with E-state index >= 15 is 4.39 Å². The lowest BCUT2D eigenvalue weighted by molar-refractivity contribution is 0.0655. The van der Waals surface area contributed by atoms with Gasteiger partial charge in [-0.05, 0) is 87.2 Å². The molecule has 0 heterocycles. The molecular formula is C28H37F3O3. The predicted molar refractivity (Wildman–Crippen MR) is 128 cm³/mol. The van der Waals surface area contributed by atoms with Crippen LogP contribution >= 0.6 is 0 Å². The van der Waals surface area contributed by atoms with Gasteiger partial charge in [0.1, 0.15) is 11.5 Å². The summed E-state index contributed by atoms with van der Waals surface area (Å²) in [5.74, 6) is -1.48. The molecule has 0 aromatic heterocycles. The second kappa shape index (κ2) is 12.5. The van der Waals surface area contributed by atoms with Gasteiger partial charge in [0, 0.05) is 13.2 Å².